The molecule has 0 N–H and O–H groups in total. The molecule has 3 heterocycles. The van der Waals surface area contributed by atoms with E-state index in [1.165, 1.54) is 4.90 Å². The molecule has 2 aliphatic heterocycles. The molecule has 142 valence electrons. The van der Waals surface area contributed by atoms with Crippen LogP contribution in [0.3, 0.4) is 0 Å². The standard InChI is InChI=1S/C18H26N4O4/c1-17(2,3)26-15(23)21-8-6-7-13(21)12-9-20-14(10-19-12)22-16(24)25-11-18(22,4)5/h9-10,13H,6-8,11H2,1-5H3/t13-/m1/s1. The normalized spacial score (nSPS) is 22.5. The van der Waals surface area contributed by atoms with Gasteiger partial charge in [-0.05, 0) is 47.5 Å². The zero-order valence-electron chi connectivity index (χ0n) is 16.0. The molecule has 1 aromatic rings. The average Bonchev–Trinajstić information content (AvgIpc) is 3.11. The largest absolute Gasteiger partial charge is 0.447 e. The Morgan fingerprint density at radius 3 is 2.58 bits per heavy atom. The number of carbonyl (C=O) groups is 2. The number of rotatable bonds is 2. The molecule has 2 amide bonds. The summed E-state index contributed by atoms with van der Waals surface area (Å²) < 4.78 is 10.6. The fourth-order valence-corrected chi connectivity index (χ4v) is 3.25. The van der Waals surface area contributed by atoms with E-state index in [4.69, 9.17) is 9.47 Å². The van der Waals surface area contributed by atoms with E-state index in [9.17, 15) is 9.59 Å². The van der Waals surface area contributed by atoms with Gasteiger partial charge in [-0.2, -0.15) is 0 Å². The van der Waals surface area contributed by atoms with Crippen LogP contribution in [0.1, 0.15) is 59.2 Å². The maximum Gasteiger partial charge on any atom is 0.416 e. The number of ether oxygens (including phenoxy) is 2. The van der Waals surface area contributed by atoms with Crippen molar-refractivity contribution in [1.82, 2.24) is 14.9 Å². The fourth-order valence-electron chi connectivity index (χ4n) is 3.25. The van der Waals surface area contributed by atoms with E-state index >= 15 is 0 Å². The van der Waals surface area contributed by atoms with Gasteiger partial charge in [0.1, 0.15) is 12.2 Å². The Balaban J connectivity index is 1.78. The van der Waals surface area contributed by atoms with Crippen molar-refractivity contribution >= 4 is 18.0 Å². The van der Waals surface area contributed by atoms with E-state index < -0.39 is 17.2 Å². The summed E-state index contributed by atoms with van der Waals surface area (Å²) in [4.78, 5) is 36.5. The monoisotopic (exact) mass is 362 g/mol. The topological polar surface area (TPSA) is 84.9 Å². The summed E-state index contributed by atoms with van der Waals surface area (Å²) in [5.41, 5.74) is -0.313. The van der Waals surface area contributed by atoms with Crippen molar-refractivity contribution in [3.8, 4) is 0 Å². The molecule has 2 aliphatic rings. The third-order valence-electron chi connectivity index (χ3n) is 4.45. The summed E-state index contributed by atoms with van der Waals surface area (Å²) in [7, 11) is 0. The number of anilines is 1. The van der Waals surface area contributed by atoms with Crippen LogP contribution in [0.4, 0.5) is 15.4 Å². The molecule has 8 nitrogen and oxygen atoms in total. The Labute approximate surface area is 153 Å². The van der Waals surface area contributed by atoms with Crippen LogP contribution in [0, 0.1) is 0 Å². The van der Waals surface area contributed by atoms with Crippen LogP contribution in [0.2, 0.25) is 0 Å². The smallest absolute Gasteiger partial charge is 0.416 e. The quantitative estimate of drug-likeness (QED) is 0.803. The van der Waals surface area contributed by atoms with Gasteiger partial charge in [-0.1, -0.05) is 0 Å². The highest BCUT2D eigenvalue weighted by Crippen LogP contribution is 2.33. The summed E-state index contributed by atoms with van der Waals surface area (Å²) >= 11 is 0. The van der Waals surface area contributed by atoms with Crippen molar-refractivity contribution in [3.63, 3.8) is 0 Å². The van der Waals surface area contributed by atoms with E-state index in [0.29, 0.717) is 24.7 Å². The second kappa shape index (κ2) is 6.41. The maximum atomic E-state index is 12.4. The molecule has 0 aromatic carbocycles. The minimum absolute atomic E-state index is 0.162. The van der Waals surface area contributed by atoms with Crippen molar-refractivity contribution in [2.24, 2.45) is 0 Å². The molecular weight excluding hydrogens is 336 g/mol. The number of hydrogen-bond acceptors (Lipinski definition) is 6. The molecule has 0 aliphatic carbocycles. The van der Waals surface area contributed by atoms with Gasteiger partial charge in [0.25, 0.3) is 0 Å². The Bertz CT molecular complexity index is 696. The summed E-state index contributed by atoms with van der Waals surface area (Å²) in [5.74, 6) is 0.447. The highest BCUT2D eigenvalue weighted by atomic mass is 16.6. The summed E-state index contributed by atoms with van der Waals surface area (Å²) in [6, 6.07) is -0.162. The average molecular weight is 362 g/mol. The Hall–Kier alpha value is -2.38. The second-order valence-electron chi connectivity index (χ2n) is 8.33. The van der Waals surface area contributed by atoms with E-state index in [1.807, 2.05) is 34.6 Å². The van der Waals surface area contributed by atoms with Gasteiger partial charge in [0.15, 0.2) is 5.82 Å². The van der Waals surface area contributed by atoms with E-state index in [0.717, 1.165) is 12.8 Å². The molecular formula is C18H26N4O4. The van der Waals surface area contributed by atoms with E-state index in [-0.39, 0.29) is 12.1 Å². The van der Waals surface area contributed by atoms with Gasteiger partial charge in [-0.25, -0.2) is 14.6 Å². The number of nitrogens with zero attached hydrogens (tertiary/aromatic N) is 4. The molecule has 3 rings (SSSR count). The van der Waals surface area contributed by atoms with Crippen molar-refractivity contribution in [3.05, 3.63) is 18.1 Å². The van der Waals surface area contributed by atoms with E-state index in [2.05, 4.69) is 9.97 Å². The first-order valence-electron chi connectivity index (χ1n) is 8.87. The third kappa shape index (κ3) is 3.59. The highest BCUT2D eigenvalue weighted by Gasteiger charge is 2.42. The number of amides is 2. The van der Waals surface area contributed by atoms with Gasteiger partial charge >= 0.3 is 12.2 Å². The molecule has 1 aromatic heterocycles. The fraction of sp³-hybridized carbons (Fsp3) is 0.667. The third-order valence-corrected chi connectivity index (χ3v) is 4.45. The predicted molar refractivity (Wildman–Crippen MR) is 94.9 cm³/mol. The Morgan fingerprint density at radius 1 is 1.31 bits per heavy atom. The van der Waals surface area contributed by atoms with E-state index in [1.54, 1.807) is 17.3 Å². The lowest BCUT2D eigenvalue weighted by atomic mass is 10.1. The molecule has 0 saturated carbocycles. The van der Waals surface area contributed by atoms with Crippen molar-refractivity contribution in [2.75, 3.05) is 18.1 Å². The van der Waals surface area contributed by atoms with Gasteiger partial charge in [-0.15, -0.1) is 0 Å². The molecule has 2 fully saturated rings. The molecule has 0 unspecified atom stereocenters. The van der Waals surface area contributed by atoms with Crippen LogP contribution >= 0.6 is 0 Å². The summed E-state index contributed by atoms with van der Waals surface area (Å²) in [6.07, 6.45) is 4.13. The number of likely N-dealkylation sites (tertiary alicyclic amines) is 1. The molecule has 8 heteroatoms. The predicted octanol–water partition coefficient (Wildman–Crippen LogP) is 3.28. The molecule has 0 spiro atoms. The zero-order valence-corrected chi connectivity index (χ0v) is 16.0. The maximum absolute atomic E-state index is 12.4. The highest BCUT2D eigenvalue weighted by molar-refractivity contribution is 5.89. The Kier molecular flexibility index (Phi) is 4.54. The molecule has 0 radical (unpaired) electrons. The van der Waals surface area contributed by atoms with Crippen LogP contribution in [-0.4, -0.2) is 51.3 Å². The zero-order chi connectivity index (χ0) is 19.1. The van der Waals surface area contributed by atoms with Crippen LogP contribution in [-0.2, 0) is 9.47 Å². The summed E-state index contributed by atoms with van der Waals surface area (Å²) in [6.45, 7) is 10.3. The molecule has 26 heavy (non-hydrogen) atoms. The lowest BCUT2D eigenvalue weighted by molar-refractivity contribution is 0.0221. The first kappa shape index (κ1) is 18.4. The van der Waals surface area contributed by atoms with Crippen molar-refractivity contribution < 1.29 is 19.1 Å². The van der Waals surface area contributed by atoms with Crippen LogP contribution in [0.5, 0.6) is 0 Å². The molecule has 0 bridgehead atoms. The lowest BCUT2D eigenvalue weighted by Gasteiger charge is -2.29. The minimum atomic E-state index is -0.540. The summed E-state index contributed by atoms with van der Waals surface area (Å²) in [5, 5.41) is 0. The Morgan fingerprint density at radius 2 is 2.04 bits per heavy atom. The molecule has 2 saturated heterocycles. The second-order valence-corrected chi connectivity index (χ2v) is 8.33. The van der Waals surface area contributed by atoms with Gasteiger partial charge in [-0.3, -0.25) is 14.8 Å². The van der Waals surface area contributed by atoms with Gasteiger partial charge in [0.2, 0.25) is 0 Å². The van der Waals surface area contributed by atoms with Crippen LogP contribution in [0.25, 0.3) is 0 Å². The minimum Gasteiger partial charge on any atom is -0.447 e. The number of aromatic nitrogens is 2. The first-order valence-corrected chi connectivity index (χ1v) is 8.87. The van der Waals surface area contributed by atoms with Crippen LogP contribution in [0.15, 0.2) is 12.4 Å². The lowest BCUT2D eigenvalue weighted by Crippen LogP contribution is -2.42. The number of cyclic esters (lactones) is 1. The van der Waals surface area contributed by atoms with Crippen LogP contribution < -0.4 is 4.90 Å². The number of carbonyl (C=O) groups excluding carboxylic acids is 2. The van der Waals surface area contributed by atoms with Crippen molar-refractivity contribution in [2.45, 2.75) is 64.6 Å². The van der Waals surface area contributed by atoms with Crippen molar-refractivity contribution in [1.29, 1.82) is 0 Å². The van der Waals surface area contributed by atoms with Gasteiger partial charge in [0.05, 0.1) is 29.7 Å². The molecule has 1 atom stereocenters. The first-order chi connectivity index (χ1) is 12.1. The SMILES string of the molecule is CC(C)(C)OC(=O)N1CCC[C@@H]1c1cnc(N2C(=O)OCC2(C)C)cn1. The van der Waals surface area contributed by atoms with Gasteiger partial charge in [0, 0.05) is 6.54 Å². The number of hydrogen-bond donors (Lipinski definition) is 0. The van der Waals surface area contributed by atoms with Gasteiger partial charge < -0.3 is 9.47 Å².